The zero-order valence-electron chi connectivity index (χ0n) is 4.26. The van der Waals surface area contributed by atoms with Gasteiger partial charge in [0.15, 0.2) is 0 Å². The number of hydrogen-bond acceptors (Lipinski definition) is 0. The summed E-state index contributed by atoms with van der Waals surface area (Å²) in [5.74, 6) is 0. The average Bonchev–Trinajstić information content (AvgIpc) is 1.68. The minimum atomic E-state index is -0.655. The Labute approximate surface area is 44.0 Å². The first kappa shape index (κ1) is 6.44. The minimum absolute atomic E-state index is 0.490. The van der Waals surface area contributed by atoms with E-state index in [1.807, 2.05) is 0 Å². The topological polar surface area (TPSA) is 19.9 Å². The van der Waals surface area contributed by atoms with Gasteiger partial charge in [-0.3, -0.25) is 0 Å². The molecule has 1 nitrogen and oxygen atoms in total. The van der Waals surface area contributed by atoms with Gasteiger partial charge in [0.05, 0.1) is 0 Å². The van der Waals surface area contributed by atoms with Gasteiger partial charge in [0.1, 0.15) is 6.10 Å². The molecule has 1 heteroatoms. The standard InChI is InChI=1S/C6H9O/c1-3-5-6(7)4-2/h3-4,6H,1-2,5H2. The molecule has 0 rings (SSSR count). The zero-order chi connectivity index (χ0) is 5.70. The molecule has 0 aliphatic rings. The van der Waals surface area contributed by atoms with Gasteiger partial charge in [-0.25, -0.2) is 5.11 Å². The normalized spacial score (nSPS) is 12.7. The smallest absolute Gasteiger partial charge is 0.114 e. The van der Waals surface area contributed by atoms with Crippen molar-refractivity contribution in [3.8, 4) is 0 Å². The summed E-state index contributed by atoms with van der Waals surface area (Å²) in [6, 6.07) is 0. The van der Waals surface area contributed by atoms with E-state index in [2.05, 4.69) is 13.2 Å². The van der Waals surface area contributed by atoms with Gasteiger partial charge in [0.25, 0.3) is 0 Å². The van der Waals surface area contributed by atoms with Crippen LogP contribution in [-0.4, -0.2) is 6.10 Å². The van der Waals surface area contributed by atoms with Gasteiger partial charge in [-0.15, -0.1) is 13.2 Å². The maximum atomic E-state index is 10.3. The maximum Gasteiger partial charge on any atom is 0.114 e. The molecule has 0 aromatic carbocycles. The second-order valence-electron chi connectivity index (χ2n) is 1.30. The summed E-state index contributed by atoms with van der Waals surface area (Å²) >= 11 is 0. The molecule has 0 heterocycles. The first-order chi connectivity index (χ1) is 3.31. The molecule has 0 bridgehead atoms. The van der Waals surface area contributed by atoms with Crippen LogP contribution >= 0.6 is 0 Å². The van der Waals surface area contributed by atoms with Crippen LogP contribution in [0.1, 0.15) is 6.42 Å². The van der Waals surface area contributed by atoms with Crippen molar-refractivity contribution in [2.45, 2.75) is 12.5 Å². The van der Waals surface area contributed by atoms with Gasteiger partial charge in [-0.1, -0.05) is 12.2 Å². The van der Waals surface area contributed by atoms with Crippen molar-refractivity contribution >= 4 is 0 Å². The number of rotatable bonds is 3. The van der Waals surface area contributed by atoms with Gasteiger partial charge in [0.2, 0.25) is 0 Å². The molecule has 0 aliphatic carbocycles. The molecule has 39 valence electrons. The first-order valence-corrected chi connectivity index (χ1v) is 2.20. The molecule has 0 saturated carbocycles. The highest BCUT2D eigenvalue weighted by Gasteiger charge is 1.91. The Hall–Kier alpha value is -0.560. The Balaban J connectivity index is 3.15. The zero-order valence-corrected chi connectivity index (χ0v) is 4.26. The van der Waals surface area contributed by atoms with Crippen molar-refractivity contribution in [3.05, 3.63) is 25.3 Å². The molecular formula is C6H9O. The van der Waals surface area contributed by atoms with Crippen LogP contribution in [0.25, 0.3) is 0 Å². The van der Waals surface area contributed by atoms with Crippen molar-refractivity contribution in [3.63, 3.8) is 0 Å². The van der Waals surface area contributed by atoms with Crippen molar-refractivity contribution < 1.29 is 5.11 Å². The van der Waals surface area contributed by atoms with Gasteiger partial charge >= 0.3 is 0 Å². The lowest BCUT2D eigenvalue weighted by Gasteiger charge is -1.91. The third-order valence-electron chi connectivity index (χ3n) is 0.662. The van der Waals surface area contributed by atoms with Gasteiger partial charge < -0.3 is 0 Å². The Kier molecular flexibility index (Phi) is 3.33. The highest BCUT2D eigenvalue weighted by Crippen LogP contribution is 1.91. The van der Waals surface area contributed by atoms with E-state index in [9.17, 15) is 5.11 Å². The molecule has 1 radical (unpaired) electrons. The average molecular weight is 97.1 g/mol. The summed E-state index contributed by atoms with van der Waals surface area (Å²) < 4.78 is 0. The second kappa shape index (κ2) is 3.62. The van der Waals surface area contributed by atoms with Crippen LogP contribution in [0.15, 0.2) is 25.3 Å². The first-order valence-electron chi connectivity index (χ1n) is 2.20. The fourth-order valence-corrected chi connectivity index (χ4v) is 0.260. The molecule has 0 aromatic heterocycles. The maximum absolute atomic E-state index is 10.3. The van der Waals surface area contributed by atoms with Crippen molar-refractivity contribution in [1.82, 2.24) is 0 Å². The largest absolute Gasteiger partial charge is 0.228 e. The molecule has 1 unspecified atom stereocenters. The van der Waals surface area contributed by atoms with E-state index >= 15 is 0 Å². The van der Waals surface area contributed by atoms with Crippen LogP contribution in [0.5, 0.6) is 0 Å². The molecule has 0 N–H and O–H groups in total. The summed E-state index contributed by atoms with van der Waals surface area (Å²) in [7, 11) is 0. The highest BCUT2D eigenvalue weighted by molar-refractivity contribution is 4.83. The molecule has 0 saturated heterocycles. The van der Waals surface area contributed by atoms with Gasteiger partial charge in [-0.2, -0.15) is 0 Å². The molecule has 0 fully saturated rings. The fraction of sp³-hybridized carbons (Fsp3) is 0.333. The van der Waals surface area contributed by atoms with E-state index in [1.165, 1.54) is 6.08 Å². The molecule has 0 amide bonds. The Morgan fingerprint density at radius 2 is 2.14 bits per heavy atom. The molecular weight excluding hydrogens is 88.1 g/mol. The van der Waals surface area contributed by atoms with E-state index in [1.54, 1.807) is 6.08 Å². The van der Waals surface area contributed by atoms with Crippen LogP contribution in [0.2, 0.25) is 0 Å². The van der Waals surface area contributed by atoms with Gasteiger partial charge in [0, 0.05) is 0 Å². The predicted octanol–water partition coefficient (Wildman–Crippen LogP) is 1.55. The van der Waals surface area contributed by atoms with Crippen LogP contribution in [0, 0.1) is 0 Å². The summed E-state index contributed by atoms with van der Waals surface area (Å²) in [5.41, 5.74) is 0. The molecule has 0 aromatic rings. The quantitative estimate of drug-likeness (QED) is 0.476. The Bertz CT molecular complexity index is 66.6. The molecule has 0 aliphatic heterocycles. The molecule has 0 spiro atoms. The minimum Gasteiger partial charge on any atom is -0.228 e. The SMILES string of the molecule is C=CCC([O])C=C. The predicted molar refractivity (Wildman–Crippen MR) is 29.5 cm³/mol. The Morgan fingerprint density at radius 3 is 2.29 bits per heavy atom. The third-order valence-corrected chi connectivity index (χ3v) is 0.662. The summed E-state index contributed by atoms with van der Waals surface area (Å²) in [6.07, 6.45) is 2.81. The van der Waals surface area contributed by atoms with E-state index < -0.39 is 6.10 Å². The van der Waals surface area contributed by atoms with Crippen molar-refractivity contribution in [1.29, 1.82) is 0 Å². The fourth-order valence-electron chi connectivity index (χ4n) is 0.260. The number of hydrogen-bond donors (Lipinski definition) is 0. The Morgan fingerprint density at radius 1 is 1.57 bits per heavy atom. The van der Waals surface area contributed by atoms with E-state index in [4.69, 9.17) is 0 Å². The third kappa shape index (κ3) is 3.27. The van der Waals surface area contributed by atoms with E-state index in [0.717, 1.165) is 0 Å². The van der Waals surface area contributed by atoms with Crippen LogP contribution in [-0.2, 0) is 5.11 Å². The molecule has 1 atom stereocenters. The van der Waals surface area contributed by atoms with Crippen molar-refractivity contribution in [2.75, 3.05) is 0 Å². The lowest BCUT2D eigenvalue weighted by molar-refractivity contribution is 0.133. The van der Waals surface area contributed by atoms with E-state index in [-0.39, 0.29) is 0 Å². The van der Waals surface area contributed by atoms with E-state index in [0.29, 0.717) is 6.42 Å². The summed E-state index contributed by atoms with van der Waals surface area (Å²) in [6.45, 7) is 6.72. The highest BCUT2D eigenvalue weighted by atomic mass is 16.3. The summed E-state index contributed by atoms with van der Waals surface area (Å²) in [4.78, 5) is 0. The van der Waals surface area contributed by atoms with Gasteiger partial charge in [-0.05, 0) is 6.42 Å². The lowest BCUT2D eigenvalue weighted by Crippen LogP contribution is -1.94. The van der Waals surface area contributed by atoms with Crippen LogP contribution in [0.4, 0.5) is 0 Å². The lowest BCUT2D eigenvalue weighted by atomic mass is 10.2. The second-order valence-corrected chi connectivity index (χ2v) is 1.30. The molecule has 7 heavy (non-hydrogen) atoms. The van der Waals surface area contributed by atoms with Crippen LogP contribution < -0.4 is 0 Å². The summed E-state index contributed by atoms with van der Waals surface area (Å²) in [5, 5.41) is 10.3. The van der Waals surface area contributed by atoms with Crippen LogP contribution in [0.3, 0.4) is 0 Å². The monoisotopic (exact) mass is 97.1 g/mol. The van der Waals surface area contributed by atoms with Crippen molar-refractivity contribution in [2.24, 2.45) is 0 Å².